The molecule has 9 heteroatoms. The lowest BCUT2D eigenvalue weighted by atomic mass is 9.76. The van der Waals surface area contributed by atoms with Crippen LogP contribution in [0.4, 0.5) is 0 Å². The Balaban J connectivity index is 1.91. The normalized spacial score (nSPS) is 38.3. The van der Waals surface area contributed by atoms with E-state index in [1.165, 1.54) is 0 Å². The van der Waals surface area contributed by atoms with Gasteiger partial charge in [-0.15, -0.1) is 0 Å². The zero-order valence-electron chi connectivity index (χ0n) is 17.3. The molecule has 3 aliphatic heterocycles. The van der Waals surface area contributed by atoms with Crippen LogP contribution >= 0.6 is 0 Å². The lowest BCUT2D eigenvalue weighted by Crippen LogP contribution is -2.55. The number of rotatable bonds is 3. The predicted molar refractivity (Wildman–Crippen MR) is 103 cm³/mol. The Bertz CT molecular complexity index is 724. The number of carbonyl (C=O) groups excluding carboxylic acids is 1. The maximum atomic E-state index is 12.5. The third-order valence-corrected chi connectivity index (χ3v) is 12.6. The van der Waals surface area contributed by atoms with Crippen molar-refractivity contribution in [2.75, 3.05) is 18.1 Å². The summed E-state index contributed by atoms with van der Waals surface area (Å²) in [5, 5.41) is 0.0120. The van der Waals surface area contributed by atoms with Gasteiger partial charge in [0.15, 0.2) is 30.2 Å². The second kappa shape index (κ2) is 6.34. The molecule has 156 valence electrons. The van der Waals surface area contributed by atoms with Gasteiger partial charge in [0.2, 0.25) is 0 Å². The summed E-state index contributed by atoms with van der Waals surface area (Å²) < 4.78 is 49.2. The van der Waals surface area contributed by atoms with Crippen molar-refractivity contribution in [1.29, 1.82) is 0 Å². The molecule has 0 amide bonds. The van der Waals surface area contributed by atoms with Crippen molar-refractivity contribution in [2.45, 2.75) is 83.5 Å². The van der Waals surface area contributed by atoms with Crippen molar-refractivity contribution >= 4 is 23.9 Å². The Kier molecular flexibility index (Phi) is 5.02. The van der Waals surface area contributed by atoms with Gasteiger partial charge in [0.05, 0.1) is 23.9 Å². The van der Waals surface area contributed by atoms with Crippen LogP contribution in [-0.2, 0) is 33.3 Å². The minimum Gasteiger partial charge on any atom is -0.414 e. The number of ether oxygens (including phenoxy) is 3. The second-order valence-electron chi connectivity index (χ2n) is 10.1. The van der Waals surface area contributed by atoms with Gasteiger partial charge in [0, 0.05) is 6.42 Å². The Morgan fingerprint density at radius 1 is 1.22 bits per heavy atom. The highest BCUT2D eigenvalue weighted by atomic mass is 32.2. The van der Waals surface area contributed by atoms with Crippen molar-refractivity contribution in [1.82, 2.24) is 0 Å². The summed E-state index contributed by atoms with van der Waals surface area (Å²) >= 11 is 0. The van der Waals surface area contributed by atoms with Gasteiger partial charge in [0.1, 0.15) is 17.6 Å². The summed E-state index contributed by atoms with van der Waals surface area (Å²) in [6.45, 7) is 14.5. The molecule has 3 heterocycles. The van der Waals surface area contributed by atoms with Gasteiger partial charge in [-0.1, -0.05) is 20.8 Å². The average molecular weight is 421 g/mol. The number of carbonyl (C=O) groups is 1. The molecule has 3 fully saturated rings. The quantitative estimate of drug-likeness (QED) is 0.647. The van der Waals surface area contributed by atoms with Gasteiger partial charge in [-0.3, -0.25) is 4.79 Å². The van der Waals surface area contributed by atoms with E-state index in [4.69, 9.17) is 18.6 Å². The molecule has 1 spiro atoms. The molecule has 0 aliphatic carbocycles. The van der Waals surface area contributed by atoms with Crippen molar-refractivity contribution in [3.63, 3.8) is 0 Å². The molecular formula is C18H32O7SSi. The molecule has 0 radical (unpaired) electrons. The third kappa shape index (κ3) is 3.91. The van der Waals surface area contributed by atoms with Crippen LogP contribution in [-0.4, -0.2) is 64.9 Å². The van der Waals surface area contributed by atoms with E-state index in [0.29, 0.717) is 0 Å². The lowest BCUT2D eigenvalue weighted by molar-refractivity contribution is -0.221. The summed E-state index contributed by atoms with van der Waals surface area (Å²) in [6.07, 6.45) is -1.73. The zero-order chi connectivity index (χ0) is 20.5. The molecule has 27 heavy (non-hydrogen) atoms. The van der Waals surface area contributed by atoms with E-state index < -0.39 is 53.6 Å². The molecule has 3 rings (SSSR count). The number of hydrogen-bond donors (Lipinski definition) is 0. The van der Waals surface area contributed by atoms with E-state index in [0.717, 1.165) is 0 Å². The molecule has 3 saturated heterocycles. The molecule has 0 saturated carbocycles. The second-order valence-corrected chi connectivity index (χ2v) is 17.0. The van der Waals surface area contributed by atoms with Gasteiger partial charge >= 0.3 is 0 Å². The van der Waals surface area contributed by atoms with Crippen LogP contribution < -0.4 is 0 Å². The smallest absolute Gasteiger partial charge is 0.192 e. The molecule has 0 aromatic carbocycles. The first kappa shape index (κ1) is 21.4. The first-order valence-corrected chi connectivity index (χ1v) is 14.2. The fourth-order valence-corrected chi connectivity index (χ4v) is 6.94. The van der Waals surface area contributed by atoms with E-state index in [1.54, 1.807) is 13.8 Å². The van der Waals surface area contributed by atoms with Gasteiger partial charge < -0.3 is 18.6 Å². The summed E-state index contributed by atoms with van der Waals surface area (Å²) in [7, 11) is -5.59. The van der Waals surface area contributed by atoms with E-state index in [9.17, 15) is 13.2 Å². The van der Waals surface area contributed by atoms with Crippen LogP contribution in [0.25, 0.3) is 0 Å². The maximum Gasteiger partial charge on any atom is 0.192 e. The highest BCUT2D eigenvalue weighted by molar-refractivity contribution is 7.92. The van der Waals surface area contributed by atoms with Gasteiger partial charge in [0.25, 0.3) is 0 Å². The molecule has 4 atom stereocenters. The van der Waals surface area contributed by atoms with Crippen molar-refractivity contribution in [3.05, 3.63) is 0 Å². The Morgan fingerprint density at radius 2 is 1.85 bits per heavy atom. The van der Waals surface area contributed by atoms with E-state index >= 15 is 0 Å². The Morgan fingerprint density at radius 3 is 2.41 bits per heavy atom. The summed E-state index contributed by atoms with van der Waals surface area (Å²) in [5.74, 6) is -1.72. The number of ketones is 1. The maximum absolute atomic E-state index is 12.5. The molecule has 0 aromatic rings. The van der Waals surface area contributed by atoms with Crippen LogP contribution in [0.5, 0.6) is 0 Å². The molecule has 7 nitrogen and oxygen atoms in total. The fourth-order valence-electron chi connectivity index (χ4n) is 3.97. The molecule has 0 unspecified atom stereocenters. The van der Waals surface area contributed by atoms with Crippen LogP contribution in [0.15, 0.2) is 0 Å². The molecule has 0 bridgehead atoms. The lowest BCUT2D eigenvalue weighted by Gasteiger charge is -2.42. The zero-order valence-corrected chi connectivity index (χ0v) is 19.1. The summed E-state index contributed by atoms with van der Waals surface area (Å²) in [5.41, 5.74) is -0.963. The van der Waals surface area contributed by atoms with E-state index in [1.807, 2.05) is 0 Å². The number of sulfone groups is 1. The van der Waals surface area contributed by atoms with Crippen LogP contribution in [0.3, 0.4) is 0 Å². The molecular weight excluding hydrogens is 388 g/mol. The fraction of sp³-hybridized carbons (Fsp3) is 0.944. The average Bonchev–Trinajstić information content (AvgIpc) is 2.86. The monoisotopic (exact) mass is 420 g/mol. The van der Waals surface area contributed by atoms with Crippen LogP contribution in [0.2, 0.25) is 18.1 Å². The number of fused-ring (bicyclic) bond motifs is 2. The van der Waals surface area contributed by atoms with E-state index in [-0.39, 0.29) is 29.6 Å². The SMILES string of the molecule is CC1(C)O[C@H]2O[C@H](CO[Si](C)(C)C(C)(C)C)[C@@]3(CC(=O)CS(=O)(=O)C3)[C@H]2O1. The molecule has 3 aliphatic rings. The number of Topliss-reactive ketones (excluding diaryl/α,β-unsaturated/α-hetero) is 1. The summed E-state index contributed by atoms with van der Waals surface area (Å²) in [6, 6.07) is 0. The summed E-state index contributed by atoms with van der Waals surface area (Å²) in [4.78, 5) is 12.3. The highest BCUT2D eigenvalue weighted by Gasteiger charge is 2.66. The largest absolute Gasteiger partial charge is 0.414 e. The number of hydrogen-bond acceptors (Lipinski definition) is 7. The van der Waals surface area contributed by atoms with Crippen molar-refractivity contribution in [2.24, 2.45) is 5.41 Å². The third-order valence-electron chi connectivity index (χ3n) is 6.36. The van der Waals surface area contributed by atoms with Gasteiger partial charge in [-0.25, -0.2) is 8.42 Å². The Labute approximate surface area is 163 Å². The van der Waals surface area contributed by atoms with Gasteiger partial charge in [-0.2, -0.15) is 0 Å². The van der Waals surface area contributed by atoms with Gasteiger partial charge in [-0.05, 0) is 32.0 Å². The molecule has 0 aromatic heterocycles. The topological polar surface area (TPSA) is 88.1 Å². The standard InChI is InChI=1S/C18H32O7SSi/c1-16(2,3)27(6,7)22-9-13-18(8-12(19)10-26(20,21)11-18)14-15(23-13)25-17(4,5)24-14/h13-15H,8-11H2,1-7H3/t13-,14+,15-,18+/m1/s1. The first-order valence-electron chi connectivity index (χ1n) is 9.44. The Hall–Kier alpha value is -0.323. The molecule has 0 N–H and O–H groups in total. The van der Waals surface area contributed by atoms with Crippen molar-refractivity contribution < 1.29 is 31.8 Å². The first-order chi connectivity index (χ1) is 12.1. The van der Waals surface area contributed by atoms with E-state index in [2.05, 4.69) is 33.9 Å². The minimum absolute atomic E-state index is 0.0120. The predicted octanol–water partition coefficient (Wildman–Crippen LogP) is 2.26. The van der Waals surface area contributed by atoms with Crippen molar-refractivity contribution in [3.8, 4) is 0 Å². The minimum atomic E-state index is -3.52. The highest BCUT2D eigenvalue weighted by Crippen LogP contribution is 2.52. The van der Waals surface area contributed by atoms with Crippen LogP contribution in [0, 0.1) is 5.41 Å². The van der Waals surface area contributed by atoms with Crippen LogP contribution in [0.1, 0.15) is 41.0 Å².